The van der Waals surface area contributed by atoms with Gasteiger partial charge in [-0.1, -0.05) is 11.6 Å². The van der Waals surface area contributed by atoms with E-state index in [9.17, 15) is 13.6 Å². The van der Waals surface area contributed by atoms with Crippen molar-refractivity contribution in [3.8, 4) is 5.75 Å². The zero-order valence-corrected chi connectivity index (χ0v) is 8.42. The standard InChI is InChI=1S/C9H7ClF2O3/c1-14-8(13)5-2-3-6(10)7(4-5)15-9(11)12/h2-4,9H,1H3. The molecule has 0 spiro atoms. The highest BCUT2D eigenvalue weighted by Gasteiger charge is 2.12. The minimum Gasteiger partial charge on any atom is -0.465 e. The summed E-state index contributed by atoms with van der Waals surface area (Å²) in [4.78, 5) is 11.1. The molecule has 82 valence electrons. The number of ether oxygens (including phenoxy) is 2. The van der Waals surface area contributed by atoms with E-state index in [2.05, 4.69) is 9.47 Å². The van der Waals surface area contributed by atoms with Gasteiger partial charge in [-0.2, -0.15) is 8.78 Å². The van der Waals surface area contributed by atoms with Gasteiger partial charge in [-0.3, -0.25) is 0 Å². The highest BCUT2D eigenvalue weighted by atomic mass is 35.5. The fourth-order valence-electron chi connectivity index (χ4n) is 0.934. The van der Waals surface area contributed by atoms with Crippen LogP contribution in [0, 0.1) is 0 Å². The first kappa shape index (κ1) is 11.7. The molecule has 0 saturated carbocycles. The number of methoxy groups -OCH3 is 1. The molecule has 3 nitrogen and oxygen atoms in total. The minimum absolute atomic E-state index is 0.00273. The van der Waals surface area contributed by atoms with Crippen molar-refractivity contribution in [3.05, 3.63) is 28.8 Å². The Bertz CT molecular complexity index is 368. The van der Waals surface area contributed by atoms with Crippen LogP contribution < -0.4 is 4.74 Å². The van der Waals surface area contributed by atoms with E-state index in [1.165, 1.54) is 19.2 Å². The molecule has 0 fully saturated rings. The predicted molar refractivity (Wildman–Crippen MR) is 49.4 cm³/mol. The maximum atomic E-state index is 11.9. The number of rotatable bonds is 3. The largest absolute Gasteiger partial charge is 0.465 e. The van der Waals surface area contributed by atoms with E-state index in [1.54, 1.807) is 0 Å². The summed E-state index contributed by atoms with van der Waals surface area (Å²) in [7, 11) is 1.19. The van der Waals surface area contributed by atoms with Gasteiger partial charge in [0.15, 0.2) is 0 Å². The van der Waals surface area contributed by atoms with Gasteiger partial charge in [-0.15, -0.1) is 0 Å². The quantitative estimate of drug-likeness (QED) is 0.757. The first-order chi connectivity index (χ1) is 7.04. The Kier molecular flexibility index (Phi) is 3.85. The summed E-state index contributed by atoms with van der Waals surface area (Å²) in [6.07, 6.45) is 0. The van der Waals surface area contributed by atoms with Gasteiger partial charge in [-0.25, -0.2) is 4.79 Å². The summed E-state index contributed by atoms with van der Waals surface area (Å²) in [6.45, 7) is -2.99. The maximum Gasteiger partial charge on any atom is 0.387 e. The second kappa shape index (κ2) is 4.93. The molecule has 0 N–H and O–H groups in total. The van der Waals surface area contributed by atoms with Crippen LogP contribution in [0.3, 0.4) is 0 Å². The fourth-order valence-corrected chi connectivity index (χ4v) is 1.10. The van der Waals surface area contributed by atoms with E-state index < -0.39 is 12.6 Å². The molecule has 0 saturated heterocycles. The summed E-state index contributed by atoms with van der Waals surface area (Å²) in [6, 6.07) is 3.73. The Balaban J connectivity index is 2.99. The molecular weight excluding hydrogens is 230 g/mol. The molecule has 1 aromatic rings. The molecular formula is C9H7ClF2O3. The lowest BCUT2D eigenvalue weighted by Crippen LogP contribution is -2.05. The Morgan fingerprint density at radius 2 is 2.13 bits per heavy atom. The van der Waals surface area contributed by atoms with E-state index in [-0.39, 0.29) is 16.3 Å². The molecule has 0 aliphatic rings. The number of hydrogen-bond donors (Lipinski definition) is 0. The summed E-state index contributed by atoms with van der Waals surface area (Å²) >= 11 is 5.58. The van der Waals surface area contributed by atoms with Crippen LogP contribution in [0.1, 0.15) is 10.4 Å². The lowest BCUT2D eigenvalue weighted by atomic mass is 10.2. The van der Waals surface area contributed by atoms with Crippen LogP contribution in [0.2, 0.25) is 5.02 Å². The summed E-state index contributed by atoms with van der Waals surface area (Å²) < 4.78 is 32.4. The van der Waals surface area contributed by atoms with Crippen LogP contribution in [0.15, 0.2) is 18.2 Å². The molecule has 0 radical (unpaired) electrons. The molecule has 1 aromatic carbocycles. The Morgan fingerprint density at radius 1 is 1.47 bits per heavy atom. The van der Waals surface area contributed by atoms with Crippen molar-refractivity contribution in [2.45, 2.75) is 6.61 Å². The van der Waals surface area contributed by atoms with Gasteiger partial charge in [-0.05, 0) is 18.2 Å². The third-order valence-corrected chi connectivity index (χ3v) is 1.88. The van der Waals surface area contributed by atoms with Gasteiger partial charge in [0.2, 0.25) is 0 Å². The third-order valence-electron chi connectivity index (χ3n) is 1.57. The molecule has 0 bridgehead atoms. The molecule has 0 heterocycles. The minimum atomic E-state index is -2.99. The number of halogens is 3. The van der Waals surface area contributed by atoms with E-state index in [4.69, 9.17) is 11.6 Å². The Hall–Kier alpha value is -1.36. The Labute approximate surface area is 89.5 Å². The van der Waals surface area contributed by atoms with Crippen LogP contribution in [0.25, 0.3) is 0 Å². The van der Waals surface area contributed by atoms with Gasteiger partial charge in [0.1, 0.15) is 5.75 Å². The van der Waals surface area contributed by atoms with Gasteiger partial charge in [0.05, 0.1) is 17.7 Å². The number of carbonyl (C=O) groups is 1. The van der Waals surface area contributed by atoms with E-state index in [0.717, 1.165) is 6.07 Å². The summed E-state index contributed by atoms with van der Waals surface area (Å²) in [5, 5.41) is 0.00273. The lowest BCUT2D eigenvalue weighted by Gasteiger charge is -2.07. The normalized spacial score (nSPS) is 10.2. The topological polar surface area (TPSA) is 35.5 Å². The monoisotopic (exact) mass is 236 g/mol. The van der Waals surface area contributed by atoms with Crippen LogP contribution in [-0.4, -0.2) is 19.7 Å². The van der Waals surface area contributed by atoms with Crippen molar-refractivity contribution in [2.75, 3.05) is 7.11 Å². The van der Waals surface area contributed by atoms with E-state index in [0.29, 0.717) is 0 Å². The van der Waals surface area contributed by atoms with Crippen molar-refractivity contribution >= 4 is 17.6 Å². The molecule has 6 heteroatoms. The second-order valence-corrected chi connectivity index (χ2v) is 2.92. The zero-order chi connectivity index (χ0) is 11.4. The highest BCUT2D eigenvalue weighted by Crippen LogP contribution is 2.27. The van der Waals surface area contributed by atoms with E-state index >= 15 is 0 Å². The van der Waals surface area contributed by atoms with Gasteiger partial charge >= 0.3 is 12.6 Å². The van der Waals surface area contributed by atoms with Crippen molar-refractivity contribution in [1.82, 2.24) is 0 Å². The van der Waals surface area contributed by atoms with E-state index in [1.807, 2.05) is 0 Å². The molecule has 0 aliphatic carbocycles. The third kappa shape index (κ3) is 3.06. The molecule has 0 aliphatic heterocycles. The van der Waals surface area contributed by atoms with Gasteiger partial charge in [0, 0.05) is 0 Å². The number of esters is 1. The lowest BCUT2D eigenvalue weighted by molar-refractivity contribution is -0.0498. The number of alkyl halides is 2. The summed E-state index contributed by atoms with van der Waals surface area (Å²) in [5.41, 5.74) is 0.0950. The molecule has 0 unspecified atom stereocenters. The first-order valence-corrected chi connectivity index (χ1v) is 4.25. The van der Waals surface area contributed by atoms with Crippen molar-refractivity contribution in [3.63, 3.8) is 0 Å². The fraction of sp³-hybridized carbons (Fsp3) is 0.222. The zero-order valence-electron chi connectivity index (χ0n) is 7.67. The van der Waals surface area contributed by atoms with Crippen LogP contribution in [-0.2, 0) is 4.74 Å². The molecule has 0 aromatic heterocycles. The van der Waals surface area contributed by atoms with Gasteiger partial charge in [0.25, 0.3) is 0 Å². The number of benzene rings is 1. The van der Waals surface area contributed by atoms with Crippen LogP contribution in [0.5, 0.6) is 5.75 Å². The Morgan fingerprint density at radius 3 is 2.67 bits per heavy atom. The number of hydrogen-bond acceptors (Lipinski definition) is 3. The number of carbonyl (C=O) groups excluding carboxylic acids is 1. The van der Waals surface area contributed by atoms with Crippen LogP contribution in [0.4, 0.5) is 8.78 Å². The van der Waals surface area contributed by atoms with Gasteiger partial charge < -0.3 is 9.47 Å². The smallest absolute Gasteiger partial charge is 0.387 e. The SMILES string of the molecule is COC(=O)c1ccc(Cl)c(OC(F)F)c1. The first-order valence-electron chi connectivity index (χ1n) is 3.87. The molecule has 0 amide bonds. The molecule has 15 heavy (non-hydrogen) atoms. The van der Waals surface area contributed by atoms with Crippen LogP contribution >= 0.6 is 11.6 Å². The van der Waals surface area contributed by atoms with Crippen molar-refractivity contribution in [2.24, 2.45) is 0 Å². The highest BCUT2D eigenvalue weighted by molar-refractivity contribution is 6.32. The van der Waals surface area contributed by atoms with Crippen molar-refractivity contribution in [1.29, 1.82) is 0 Å². The van der Waals surface area contributed by atoms with Crippen molar-refractivity contribution < 1.29 is 23.0 Å². The average molecular weight is 237 g/mol. The average Bonchev–Trinajstić information content (AvgIpc) is 2.19. The molecule has 0 atom stereocenters. The molecule has 1 rings (SSSR count). The summed E-state index contributed by atoms with van der Waals surface area (Å²) in [5.74, 6) is -0.902. The maximum absolute atomic E-state index is 11.9. The second-order valence-electron chi connectivity index (χ2n) is 2.52. The predicted octanol–water partition coefficient (Wildman–Crippen LogP) is 2.73.